The van der Waals surface area contributed by atoms with Gasteiger partial charge in [-0.25, -0.2) is 0 Å². The molecule has 1 aliphatic heterocycles. The van der Waals surface area contributed by atoms with E-state index in [9.17, 15) is 9.59 Å². The minimum absolute atomic E-state index is 0.298. The molecule has 3 N–H and O–H groups in total. The molecule has 2 aromatic carbocycles. The number of hydrogen-bond donors (Lipinski definition) is 2. The molecule has 1 fully saturated rings. The Bertz CT molecular complexity index is 965. The second-order valence-electron chi connectivity index (χ2n) is 7.31. The molecular weight excluding hydrogens is 394 g/mol. The number of methoxy groups -OCH3 is 1. The Morgan fingerprint density at radius 2 is 1.87 bits per heavy atom. The van der Waals surface area contributed by atoms with Crippen LogP contribution in [0.4, 0.5) is 11.4 Å². The fourth-order valence-corrected chi connectivity index (χ4v) is 3.61. The van der Waals surface area contributed by atoms with Crippen molar-refractivity contribution in [3.63, 3.8) is 0 Å². The van der Waals surface area contributed by atoms with E-state index in [1.807, 2.05) is 31.2 Å². The normalized spacial score (nSPS) is 13.8. The zero-order chi connectivity index (χ0) is 22.2. The van der Waals surface area contributed by atoms with E-state index >= 15 is 0 Å². The molecule has 0 saturated carbocycles. The maximum absolute atomic E-state index is 12.6. The van der Waals surface area contributed by atoms with E-state index in [0.29, 0.717) is 29.4 Å². The number of rotatable bonds is 8. The maximum Gasteiger partial charge on any atom is 0.248 e. The van der Waals surface area contributed by atoms with E-state index in [1.165, 1.54) is 12.5 Å². The quantitative estimate of drug-likeness (QED) is 0.629. The van der Waals surface area contributed by atoms with Crippen LogP contribution in [0.25, 0.3) is 6.08 Å². The zero-order valence-electron chi connectivity index (χ0n) is 18.0. The van der Waals surface area contributed by atoms with Gasteiger partial charge in [0.15, 0.2) is 11.5 Å². The molecule has 7 nitrogen and oxygen atoms in total. The fraction of sp³-hybridized carbons (Fsp3) is 0.333. The molecule has 1 aliphatic rings. The number of piperidine rings is 1. The van der Waals surface area contributed by atoms with Crippen molar-refractivity contribution in [3.05, 3.63) is 53.6 Å². The summed E-state index contributed by atoms with van der Waals surface area (Å²) in [5, 5.41) is 2.90. The topological polar surface area (TPSA) is 93.9 Å². The van der Waals surface area contributed by atoms with Crippen molar-refractivity contribution in [2.45, 2.75) is 26.2 Å². The Balaban J connectivity index is 1.78. The molecule has 2 aromatic rings. The second kappa shape index (κ2) is 10.5. The van der Waals surface area contributed by atoms with Gasteiger partial charge in [0.25, 0.3) is 0 Å². The first-order chi connectivity index (χ1) is 15.0. The van der Waals surface area contributed by atoms with Gasteiger partial charge in [-0.05, 0) is 68.2 Å². The lowest BCUT2D eigenvalue weighted by molar-refractivity contribution is -0.111. The van der Waals surface area contributed by atoms with Crippen molar-refractivity contribution < 1.29 is 19.1 Å². The molecular formula is C24H29N3O4. The number of ether oxygens (including phenoxy) is 2. The molecule has 1 saturated heterocycles. The highest BCUT2D eigenvalue weighted by Crippen LogP contribution is 2.30. The number of nitrogens with two attached hydrogens (primary N) is 1. The summed E-state index contributed by atoms with van der Waals surface area (Å²) in [6.45, 7) is 4.28. The van der Waals surface area contributed by atoms with Crippen molar-refractivity contribution in [2.24, 2.45) is 5.73 Å². The third kappa shape index (κ3) is 5.78. The highest BCUT2D eigenvalue weighted by molar-refractivity contribution is 6.05. The minimum Gasteiger partial charge on any atom is -0.493 e. The van der Waals surface area contributed by atoms with Gasteiger partial charge >= 0.3 is 0 Å². The molecule has 31 heavy (non-hydrogen) atoms. The van der Waals surface area contributed by atoms with Gasteiger partial charge < -0.3 is 25.4 Å². The number of anilines is 2. The lowest BCUT2D eigenvalue weighted by Crippen LogP contribution is -2.30. The van der Waals surface area contributed by atoms with E-state index in [2.05, 4.69) is 10.2 Å². The van der Waals surface area contributed by atoms with Crippen molar-refractivity contribution in [1.82, 2.24) is 0 Å². The third-order valence-corrected chi connectivity index (χ3v) is 5.15. The Labute approximate surface area is 182 Å². The number of nitrogens with zero attached hydrogens (tertiary/aromatic N) is 1. The number of carbonyl (C=O) groups excluding carboxylic acids is 2. The minimum atomic E-state index is -0.530. The first kappa shape index (κ1) is 22.2. The van der Waals surface area contributed by atoms with Gasteiger partial charge in [-0.15, -0.1) is 0 Å². The van der Waals surface area contributed by atoms with E-state index in [-0.39, 0.29) is 5.91 Å². The first-order valence-electron chi connectivity index (χ1n) is 10.5. The Kier molecular flexibility index (Phi) is 7.54. The molecule has 0 atom stereocenters. The van der Waals surface area contributed by atoms with Gasteiger partial charge in [0.1, 0.15) is 0 Å². The Morgan fingerprint density at radius 3 is 2.55 bits per heavy atom. The summed E-state index contributed by atoms with van der Waals surface area (Å²) >= 11 is 0. The predicted octanol–water partition coefficient (Wildman–Crippen LogP) is 3.84. The number of amides is 2. The van der Waals surface area contributed by atoms with Gasteiger partial charge in [0, 0.05) is 24.7 Å². The van der Waals surface area contributed by atoms with Gasteiger partial charge in [-0.1, -0.05) is 6.07 Å². The van der Waals surface area contributed by atoms with E-state index in [0.717, 1.165) is 37.2 Å². The van der Waals surface area contributed by atoms with E-state index in [1.54, 1.807) is 25.3 Å². The van der Waals surface area contributed by atoms with E-state index < -0.39 is 5.91 Å². The standard InChI is InChI=1S/C24H29N3O4/c1-3-31-21-11-7-17(15-22(21)30-2)8-12-23(28)26-19-16-18(24(25)29)9-10-20(19)27-13-5-4-6-14-27/h7-12,15-16H,3-6,13-14H2,1-2H3,(H2,25,29)(H,26,28). The number of hydrogen-bond acceptors (Lipinski definition) is 5. The van der Waals surface area contributed by atoms with Crippen LogP contribution in [0.3, 0.4) is 0 Å². The SMILES string of the molecule is CCOc1ccc(C=CC(=O)Nc2cc(C(N)=O)ccc2N2CCCCC2)cc1OC. The average molecular weight is 424 g/mol. The molecule has 0 bridgehead atoms. The summed E-state index contributed by atoms with van der Waals surface area (Å²) < 4.78 is 10.9. The Morgan fingerprint density at radius 1 is 1.10 bits per heavy atom. The summed E-state index contributed by atoms with van der Waals surface area (Å²) in [5.41, 5.74) is 8.08. The van der Waals surface area contributed by atoms with Crippen LogP contribution in [0.5, 0.6) is 11.5 Å². The fourth-order valence-electron chi connectivity index (χ4n) is 3.61. The monoisotopic (exact) mass is 423 g/mol. The summed E-state index contributed by atoms with van der Waals surface area (Å²) in [7, 11) is 1.58. The van der Waals surface area contributed by atoms with Crippen molar-refractivity contribution in [1.29, 1.82) is 0 Å². The molecule has 0 aromatic heterocycles. The summed E-state index contributed by atoms with van der Waals surface area (Å²) in [4.78, 5) is 26.5. The highest BCUT2D eigenvalue weighted by Gasteiger charge is 2.17. The predicted molar refractivity (Wildman–Crippen MR) is 123 cm³/mol. The maximum atomic E-state index is 12.6. The van der Waals surface area contributed by atoms with Gasteiger partial charge in [-0.2, -0.15) is 0 Å². The molecule has 3 rings (SSSR count). The van der Waals surface area contributed by atoms with Gasteiger partial charge in [-0.3, -0.25) is 9.59 Å². The van der Waals surface area contributed by atoms with Crippen LogP contribution in [0.15, 0.2) is 42.5 Å². The third-order valence-electron chi connectivity index (χ3n) is 5.15. The second-order valence-corrected chi connectivity index (χ2v) is 7.31. The number of carbonyl (C=O) groups is 2. The zero-order valence-corrected chi connectivity index (χ0v) is 18.0. The van der Waals surface area contributed by atoms with Crippen LogP contribution in [0.2, 0.25) is 0 Å². The number of nitrogens with one attached hydrogen (secondary N) is 1. The number of primary amides is 1. The van der Waals surface area contributed by atoms with Crippen molar-refractivity contribution >= 4 is 29.3 Å². The highest BCUT2D eigenvalue weighted by atomic mass is 16.5. The lowest BCUT2D eigenvalue weighted by atomic mass is 10.1. The van der Waals surface area contributed by atoms with E-state index in [4.69, 9.17) is 15.2 Å². The van der Waals surface area contributed by atoms with Crippen molar-refractivity contribution in [2.75, 3.05) is 37.0 Å². The van der Waals surface area contributed by atoms with Crippen LogP contribution in [-0.4, -0.2) is 38.6 Å². The average Bonchev–Trinajstić information content (AvgIpc) is 2.79. The smallest absolute Gasteiger partial charge is 0.248 e. The van der Waals surface area contributed by atoms with Gasteiger partial charge in [0.05, 0.1) is 25.1 Å². The molecule has 2 amide bonds. The van der Waals surface area contributed by atoms with Crippen LogP contribution in [0, 0.1) is 0 Å². The summed E-state index contributed by atoms with van der Waals surface area (Å²) in [5.74, 6) is 0.428. The van der Waals surface area contributed by atoms with Crippen LogP contribution in [-0.2, 0) is 4.79 Å². The molecule has 1 heterocycles. The molecule has 0 spiro atoms. The van der Waals surface area contributed by atoms with Crippen LogP contribution in [0.1, 0.15) is 42.1 Å². The first-order valence-corrected chi connectivity index (χ1v) is 10.5. The van der Waals surface area contributed by atoms with Gasteiger partial charge in [0.2, 0.25) is 11.8 Å². The largest absolute Gasteiger partial charge is 0.493 e. The molecule has 0 aliphatic carbocycles. The summed E-state index contributed by atoms with van der Waals surface area (Å²) in [6, 6.07) is 10.7. The Hall–Kier alpha value is -3.48. The van der Waals surface area contributed by atoms with Crippen molar-refractivity contribution in [3.8, 4) is 11.5 Å². The van der Waals surface area contributed by atoms with Crippen LogP contribution >= 0.6 is 0 Å². The number of benzene rings is 2. The van der Waals surface area contributed by atoms with Crippen LogP contribution < -0.4 is 25.4 Å². The molecule has 164 valence electrons. The molecule has 7 heteroatoms. The molecule has 0 radical (unpaired) electrons. The lowest BCUT2D eigenvalue weighted by Gasteiger charge is -2.30. The summed E-state index contributed by atoms with van der Waals surface area (Å²) in [6.07, 6.45) is 6.55. The molecule has 0 unspecified atom stereocenters.